The number of hydrogen-bond acceptors (Lipinski definition) is 6. The summed E-state index contributed by atoms with van der Waals surface area (Å²) in [4.78, 5) is 21.2. The molecule has 26 heavy (non-hydrogen) atoms. The molecule has 0 radical (unpaired) electrons. The first-order valence-electron chi connectivity index (χ1n) is 8.43. The molecule has 7 nitrogen and oxygen atoms in total. The van der Waals surface area contributed by atoms with Crippen molar-refractivity contribution in [2.45, 2.75) is 12.5 Å². The molecular formula is C17H23Cl2N5O2. The van der Waals surface area contributed by atoms with Gasteiger partial charge in [-0.05, 0) is 18.6 Å². The second-order valence-electron chi connectivity index (χ2n) is 6.27. The van der Waals surface area contributed by atoms with Crippen LogP contribution in [0.2, 0.25) is 0 Å². The first-order chi connectivity index (χ1) is 11.8. The van der Waals surface area contributed by atoms with Crippen molar-refractivity contribution >= 4 is 30.7 Å². The number of carbonyl (C=O) groups is 1. The summed E-state index contributed by atoms with van der Waals surface area (Å²) in [7, 11) is 0. The van der Waals surface area contributed by atoms with E-state index in [1.807, 2.05) is 23.1 Å². The van der Waals surface area contributed by atoms with Crippen LogP contribution in [0, 0.1) is 0 Å². The molecule has 2 aromatic heterocycles. The number of aromatic nitrogens is 2. The van der Waals surface area contributed by atoms with Crippen LogP contribution in [0.1, 0.15) is 17.0 Å². The van der Waals surface area contributed by atoms with Crippen molar-refractivity contribution in [3.8, 4) is 11.4 Å². The second-order valence-corrected chi connectivity index (χ2v) is 6.27. The number of hydrogen-bond donors (Lipinski definition) is 1. The van der Waals surface area contributed by atoms with Gasteiger partial charge in [0.2, 0.25) is 5.76 Å². The molecule has 142 valence electrons. The average molecular weight is 400 g/mol. The highest BCUT2D eigenvalue weighted by Crippen LogP contribution is 2.21. The van der Waals surface area contributed by atoms with E-state index in [4.69, 9.17) is 4.52 Å². The van der Waals surface area contributed by atoms with Gasteiger partial charge in [0.1, 0.15) is 5.69 Å². The average Bonchev–Trinajstić information content (AvgIpc) is 3.33. The van der Waals surface area contributed by atoms with Crippen LogP contribution in [0.5, 0.6) is 0 Å². The van der Waals surface area contributed by atoms with E-state index in [2.05, 4.69) is 20.4 Å². The van der Waals surface area contributed by atoms with Gasteiger partial charge < -0.3 is 14.7 Å². The Bertz CT molecular complexity index is 706. The Hall–Kier alpha value is -1.67. The molecular weight excluding hydrogens is 377 g/mol. The normalized spacial score (nSPS) is 20.3. The number of likely N-dealkylation sites (tertiary alicyclic amines) is 1. The minimum absolute atomic E-state index is 0. The van der Waals surface area contributed by atoms with Crippen molar-refractivity contribution in [3.63, 3.8) is 0 Å². The number of halogens is 2. The summed E-state index contributed by atoms with van der Waals surface area (Å²) < 4.78 is 5.27. The van der Waals surface area contributed by atoms with Crippen molar-refractivity contribution in [1.29, 1.82) is 0 Å². The number of rotatable bonds is 3. The van der Waals surface area contributed by atoms with Crippen LogP contribution in [-0.4, -0.2) is 71.2 Å². The molecule has 2 fully saturated rings. The van der Waals surface area contributed by atoms with E-state index in [0.717, 1.165) is 45.7 Å². The molecule has 1 unspecified atom stereocenters. The predicted octanol–water partition coefficient (Wildman–Crippen LogP) is 1.70. The summed E-state index contributed by atoms with van der Waals surface area (Å²) in [6, 6.07) is 7.72. The maximum absolute atomic E-state index is 12.7. The Labute approximate surface area is 164 Å². The highest BCUT2D eigenvalue weighted by molar-refractivity contribution is 5.92. The fourth-order valence-corrected chi connectivity index (χ4v) is 3.44. The number of nitrogens with zero attached hydrogens (tertiary/aromatic N) is 4. The van der Waals surface area contributed by atoms with Gasteiger partial charge >= 0.3 is 0 Å². The van der Waals surface area contributed by atoms with E-state index in [1.54, 1.807) is 12.3 Å². The lowest BCUT2D eigenvalue weighted by Crippen LogP contribution is -2.49. The van der Waals surface area contributed by atoms with Crippen LogP contribution >= 0.6 is 24.8 Å². The predicted molar refractivity (Wildman–Crippen MR) is 103 cm³/mol. The lowest BCUT2D eigenvalue weighted by molar-refractivity contribution is 0.0732. The Balaban J connectivity index is 0.00000121. The number of pyridine rings is 1. The van der Waals surface area contributed by atoms with E-state index >= 15 is 0 Å². The van der Waals surface area contributed by atoms with E-state index in [-0.39, 0.29) is 36.5 Å². The monoisotopic (exact) mass is 399 g/mol. The summed E-state index contributed by atoms with van der Waals surface area (Å²) in [6.45, 7) is 5.70. The molecule has 0 saturated carbocycles. The topological polar surface area (TPSA) is 74.5 Å². The largest absolute Gasteiger partial charge is 0.350 e. The number of carbonyl (C=O) groups excluding carboxylic acids is 1. The first-order valence-corrected chi connectivity index (χ1v) is 8.43. The van der Waals surface area contributed by atoms with Crippen molar-refractivity contribution < 1.29 is 9.32 Å². The van der Waals surface area contributed by atoms with Gasteiger partial charge in [0, 0.05) is 57.6 Å². The van der Waals surface area contributed by atoms with Crippen LogP contribution in [0.25, 0.3) is 11.4 Å². The zero-order chi connectivity index (χ0) is 16.4. The van der Waals surface area contributed by atoms with E-state index in [9.17, 15) is 4.79 Å². The molecule has 2 saturated heterocycles. The zero-order valence-corrected chi connectivity index (χ0v) is 16.0. The summed E-state index contributed by atoms with van der Waals surface area (Å²) >= 11 is 0. The maximum Gasteiger partial charge on any atom is 0.292 e. The molecule has 0 aromatic carbocycles. The Kier molecular flexibility index (Phi) is 7.40. The third kappa shape index (κ3) is 4.35. The maximum atomic E-state index is 12.7. The molecule has 4 rings (SSSR count). The first kappa shape index (κ1) is 20.6. The number of nitrogens with one attached hydrogen (secondary N) is 1. The number of amides is 1. The van der Waals surface area contributed by atoms with Gasteiger partial charge in [-0.1, -0.05) is 11.2 Å². The fraction of sp³-hybridized carbons (Fsp3) is 0.471. The van der Waals surface area contributed by atoms with Crippen LogP contribution in [0.4, 0.5) is 0 Å². The molecule has 2 aliphatic rings. The van der Waals surface area contributed by atoms with Gasteiger partial charge in [-0.3, -0.25) is 14.7 Å². The fourth-order valence-electron chi connectivity index (χ4n) is 3.44. The van der Waals surface area contributed by atoms with Gasteiger partial charge in [0.25, 0.3) is 5.91 Å². The molecule has 1 N–H and O–H groups in total. The van der Waals surface area contributed by atoms with Gasteiger partial charge in [0.05, 0.1) is 5.69 Å². The van der Waals surface area contributed by atoms with Crippen molar-refractivity contribution in [2.24, 2.45) is 0 Å². The van der Waals surface area contributed by atoms with Crippen molar-refractivity contribution in [2.75, 3.05) is 39.3 Å². The molecule has 9 heteroatoms. The highest BCUT2D eigenvalue weighted by atomic mass is 35.5. The zero-order valence-electron chi connectivity index (χ0n) is 14.3. The van der Waals surface area contributed by atoms with Crippen LogP contribution in [0.15, 0.2) is 35.0 Å². The Morgan fingerprint density at radius 1 is 1.15 bits per heavy atom. The standard InChI is InChI=1S/C17H21N5O2.2ClH/c23-17(16-11-15(20-24-16)14-3-1-2-5-19-14)22-8-4-13(12-22)21-9-6-18-7-10-21;;/h1-3,5,11,13,18H,4,6-10,12H2;2*1H. The molecule has 0 spiro atoms. The van der Waals surface area contributed by atoms with Crippen LogP contribution < -0.4 is 5.32 Å². The quantitative estimate of drug-likeness (QED) is 0.846. The SMILES string of the molecule is Cl.Cl.O=C(c1cc(-c2ccccn2)no1)N1CCC(N2CCNCC2)C1. The van der Waals surface area contributed by atoms with Crippen LogP contribution in [-0.2, 0) is 0 Å². The third-order valence-electron chi connectivity index (χ3n) is 4.77. The Morgan fingerprint density at radius 2 is 1.96 bits per heavy atom. The second kappa shape index (κ2) is 9.32. The molecule has 1 amide bonds. The van der Waals surface area contributed by atoms with Gasteiger partial charge in [-0.2, -0.15) is 0 Å². The smallest absolute Gasteiger partial charge is 0.292 e. The van der Waals surface area contributed by atoms with E-state index in [0.29, 0.717) is 17.4 Å². The van der Waals surface area contributed by atoms with Crippen molar-refractivity contribution in [1.82, 2.24) is 25.3 Å². The molecule has 1 atom stereocenters. The summed E-state index contributed by atoms with van der Waals surface area (Å²) in [5.74, 6) is 0.207. The molecule has 4 heterocycles. The summed E-state index contributed by atoms with van der Waals surface area (Å²) in [5, 5.41) is 7.35. The Morgan fingerprint density at radius 3 is 2.69 bits per heavy atom. The molecule has 0 aliphatic carbocycles. The number of piperazine rings is 1. The van der Waals surface area contributed by atoms with Gasteiger partial charge in [-0.15, -0.1) is 24.8 Å². The molecule has 2 aliphatic heterocycles. The van der Waals surface area contributed by atoms with E-state index in [1.165, 1.54) is 0 Å². The van der Waals surface area contributed by atoms with Crippen molar-refractivity contribution in [3.05, 3.63) is 36.2 Å². The van der Waals surface area contributed by atoms with E-state index < -0.39 is 0 Å². The van der Waals surface area contributed by atoms with Gasteiger partial charge in [-0.25, -0.2) is 0 Å². The summed E-state index contributed by atoms with van der Waals surface area (Å²) in [5.41, 5.74) is 1.30. The highest BCUT2D eigenvalue weighted by Gasteiger charge is 2.32. The molecule has 0 bridgehead atoms. The third-order valence-corrected chi connectivity index (χ3v) is 4.77. The van der Waals surface area contributed by atoms with Gasteiger partial charge in [0.15, 0.2) is 0 Å². The minimum atomic E-state index is -0.0812. The minimum Gasteiger partial charge on any atom is -0.350 e. The van der Waals surface area contributed by atoms with Crippen LogP contribution in [0.3, 0.4) is 0 Å². The lowest BCUT2D eigenvalue weighted by Gasteiger charge is -2.32. The summed E-state index contributed by atoms with van der Waals surface area (Å²) in [6.07, 6.45) is 2.72. The molecule has 2 aromatic rings. The lowest BCUT2D eigenvalue weighted by atomic mass is 10.2.